The number of pyridine rings is 1. The van der Waals surface area contributed by atoms with E-state index in [0.29, 0.717) is 10.4 Å². The molecule has 0 aliphatic carbocycles. The second-order valence-electron chi connectivity index (χ2n) is 6.60. The highest BCUT2D eigenvalue weighted by Gasteiger charge is 2.18. The third-order valence-corrected chi connectivity index (χ3v) is 4.89. The zero-order valence-electron chi connectivity index (χ0n) is 14.9. The summed E-state index contributed by atoms with van der Waals surface area (Å²) in [5.74, 6) is 0. The molecular weight excluding hydrogens is 348 g/mol. The van der Waals surface area contributed by atoms with Crippen molar-refractivity contribution in [3.05, 3.63) is 63.8 Å². The van der Waals surface area contributed by atoms with Crippen molar-refractivity contribution in [2.24, 2.45) is 0 Å². The number of aryl methyl sites for hydroxylation is 1. The number of nitrogens with zero attached hydrogens (tertiary/aromatic N) is 4. The van der Waals surface area contributed by atoms with Gasteiger partial charge in [-0.15, -0.1) is 0 Å². The Morgan fingerprint density at radius 3 is 2.54 bits per heavy atom. The fourth-order valence-corrected chi connectivity index (χ4v) is 3.42. The third kappa shape index (κ3) is 2.51. The van der Waals surface area contributed by atoms with Crippen molar-refractivity contribution in [2.75, 3.05) is 0 Å². The summed E-state index contributed by atoms with van der Waals surface area (Å²) in [6.07, 6.45) is 4.25. The summed E-state index contributed by atoms with van der Waals surface area (Å²) in [5, 5.41) is 6.01. The maximum absolute atomic E-state index is 12.7. The zero-order chi connectivity index (χ0) is 18.4. The molecule has 0 bridgehead atoms. The van der Waals surface area contributed by atoms with Crippen molar-refractivity contribution in [3.8, 4) is 11.1 Å². The van der Waals surface area contributed by atoms with Gasteiger partial charge in [-0.3, -0.25) is 4.79 Å². The molecule has 26 heavy (non-hydrogen) atoms. The van der Waals surface area contributed by atoms with Gasteiger partial charge in [0.25, 0.3) is 5.56 Å². The lowest BCUT2D eigenvalue weighted by Gasteiger charge is -2.10. The Bertz CT molecular complexity index is 1170. The Balaban J connectivity index is 2.06. The smallest absolute Gasteiger partial charge is 0.261 e. The van der Waals surface area contributed by atoms with Crippen LogP contribution in [0.5, 0.6) is 0 Å². The van der Waals surface area contributed by atoms with Gasteiger partial charge in [0.2, 0.25) is 0 Å². The van der Waals surface area contributed by atoms with Gasteiger partial charge in [-0.05, 0) is 44.0 Å². The summed E-state index contributed by atoms with van der Waals surface area (Å²) in [6.45, 7) is 6.04. The number of hydrogen-bond donors (Lipinski definition) is 0. The average Bonchev–Trinajstić information content (AvgIpc) is 3.01. The van der Waals surface area contributed by atoms with Gasteiger partial charge in [-0.2, -0.15) is 5.10 Å². The fraction of sp³-hybridized carbons (Fsp3) is 0.250. The van der Waals surface area contributed by atoms with Crippen LogP contribution in [0, 0.1) is 0 Å². The first-order valence-corrected chi connectivity index (χ1v) is 9.06. The standard InChI is InChI=1S/C20H19ClN4O/c1-4-16-18(13-5-7-14(21)8-6-13)19-22-11-15-17(25(19)23-16)9-10-24(12(2)3)20(15)26/h5-12H,4H2,1-3H3. The average molecular weight is 367 g/mol. The van der Waals surface area contributed by atoms with Crippen molar-refractivity contribution in [1.82, 2.24) is 19.2 Å². The second kappa shape index (κ2) is 6.25. The quantitative estimate of drug-likeness (QED) is 0.536. The molecule has 0 fully saturated rings. The first-order chi connectivity index (χ1) is 12.5. The van der Waals surface area contributed by atoms with Crippen LogP contribution >= 0.6 is 11.6 Å². The fourth-order valence-electron chi connectivity index (χ4n) is 3.30. The predicted octanol–water partition coefficient (Wildman–Crippen LogP) is 4.51. The molecule has 0 saturated heterocycles. The van der Waals surface area contributed by atoms with Crippen molar-refractivity contribution in [1.29, 1.82) is 0 Å². The van der Waals surface area contributed by atoms with E-state index in [1.165, 1.54) is 0 Å². The summed E-state index contributed by atoms with van der Waals surface area (Å²) >= 11 is 6.03. The van der Waals surface area contributed by atoms with Crippen molar-refractivity contribution in [2.45, 2.75) is 33.2 Å². The molecule has 4 aromatic rings. The van der Waals surface area contributed by atoms with E-state index >= 15 is 0 Å². The molecule has 3 heterocycles. The lowest BCUT2D eigenvalue weighted by Crippen LogP contribution is -2.22. The predicted molar refractivity (Wildman–Crippen MR) is 105 cm³/mol. The highest BCUT2D eigenvalue weighted by molar-refractivity contribution is 6.30. The Labute approximate surface area is 155 Å². The van der Waals surface area contributed by atoms with E-state index in [4.69, 9.17) is 16.7 Å². The van der Waals surface area contributed by atoms with Gasteiger partial charge in [0.15, 0.2) is 5.65 Å². The summed E-state index contributed by atoms with van der Waals surface area (Å²) in [7, 11) is 0. The van der Waals surface area contributed by atoms with Gasteiger partial charge in [0.1, 0.15) is 0 Å². The van der Waals surface area contributed by atoms with Crippen LogP contribution in [0.1, 0.15) is 32.5 Å². The molecule has 0 unspecified atom stereocenters. The molecule has 0 aliphatic rings. The molecular formula is C20H19ClN4O. The SMILES string of the molecule is CCc1nn2c(ncc3c(=O)n(C(C)C)ccc32)c1-c1ccc(Cl)cc1. The van der Waals surface area contributed by atoms with E-state index in [-0.39, 0.29) is 11.6 Å². The van der Waals surface area contributed by atoms with Gasteiger partial charge in [0.05, 0.1) is 16.6 Å². The second-order valence-corrected chi connectivity index (χ2v) is 7.03. The molecule has 0 N–H and O–H groups in total. The van der Waals surface area contributed by atoms with Crippen LogP contribution in [0.15, 0.2) is 47.5 Å². The molecule has 4 rings (SSSR count). The third-order valence-electron chi connectivity index (χ3n) is 4.64. The molecule has 0 saturated carbocycles. The van der Waals surface area contributed by atoms with Crippen molar-refractivity contribution >= 4 is 28.2 Å². The first-order valence-electron chi connectivity index (χ1n) is 8.68. The molecule has 1 aromatic carbocycles. The molecule has 3 aromatic heterocycles. The Hall–Kier alpha value is -2.66. The summed E-state index contributed by atoms with van der Waals surface area (Å²) < 4.78 is 3.49. The lowest BCUT2D eigenvalue weighted by molar-refractivity contribution is 0.582. The first kappa shape index (κ1) is 16.8. The van der Waals surface area contributed by atoms with E-state index in [2.05, 4.69) is 11.9 Å². The Kier molecular flexibility index (Phi) is 4.04. The largest absolute Gasteiger partial charge is 0.312 e. The minimum atomic E-state index is -0.0477. The van der Waals surface area contributed by atoms with E-state index in [1.54, 1.807) is 15.3 Å². The number of fused-ring (bicyclic) bond motifs is 3. The molecule has 0 spiro atoms. The van der Waals surface area contributed by atoms with Crippen LogP contribution in [0.3, 0.4) is 0 Å². The maximum Gasteiger partial charge on any atom is 0.261 e. The van der Waals surface area contributed by atoms with E-state index < -0.39 is 0 Å². The number of rotatable bonds is 3. The summed E-state index contributed by atoms with van der Waals surface area (Å²) in [5.41, 5.74) is 4.42. The van der Waals surface area contributed by atoms with Crippen molar-refractivity contribution < 1.29 is 0 Å². The normalized spacial score (nSPS) is 11.7. The van der Waals surface area contributed by atoms with E-state index in [1.807, 2.05) is 50.4 Å². The number of halogens is 1. The van der Waals surface area contributed by atoms with E-state index in [9.17, 15) is 4.79 Å². The number of hydrogen-bond acceptors (Lipinski definition) is 3. The van der Waals surface area contributed by atoms with E-state index in [0.717, 1.165) is 34.4 Å². The minimum Gasteiger partial charge on any atom is -0.312 e. The molecule has 132 valence electrons. The van der Waals surface area contributed by atoms with Gasteiger partial charge < -0.3 is 4.57 Å². The number of aromatic nitrogens is 4. The maximum atomic E-state index is 12.7. The van der Waals surface area contributed by atoms with Gasteiger partial charge in [0, 0.05) is 29.0 Å². The topological polar surface area (TPSA) is 52.2 Å². The van der Waals surface area contributed by atoms with Crippen LogP contribution in [0.2, 0.25) is 5.02 Å². The number of benzene rings is 1. The molecule has 0 atom stereocenters. The van der Waals surface area contributed by atoms with Crippen molar-refractivity contribution in [3.63, 3.8) is 0 Å². The molecule has 0 amide bonds. The highest BCUT2D eigenvalue weighted by atomic mass is 35.5. The van der Waals surface area contributed by atoms with Gasteiger partial charge >= 0.3 is 0 Å². The summed E-state index contributed by atoms with van der Waals surface area (Å²) in [6, 6.07) is 9.70. The monoisotopic (exact) mass is 366 g/mol. The van der Waals surface area contributed by atoms with Crippen LogP contribution in [0.25, 0.3) is 27.7 Å². The highest BCUT2D eigenvalue weighted by Crippen LogP contribution is 2.30. The van der Waals surface area contributed by atoms with Gasteiger partial charge in [-0.25, -0.2) is 9.50 Å². The van der Waals surface area contributed by atoms with Crippen LogP contribution in [0.4, 0.5) is 0 Å². The zero-order valence-corrected chi connectivity index (χ0v) is 15.7. The Morgan fingerprint density at radius 1 is 1.15 bits per heavy atom. The van der Waals surface area contributed by atoms with Crippen LogP contribution in [-0.4, -0.2) is 19.2 Å². The minimum absolute atomic E-state index is 0.0477. The Morgan fingerprint density at radius 2 is 1.88 bits per heavy atom. The molecule has 0 aliphatic heterocycles. The van der Waals surface area contributed by atoms with Gasteiger partial charge in [-0.1, -0.05) is 30.7 Å². The molecule has 0 radical (unpaired) electrons. The molecule has 6 heteroatoms. The van der Waals surface area contributed by atoms with Crippen LogP contribution < -0.4 is 5.56 Å². The summed E-state index contributed by atoms with van der Waals surface area (Å²) in [4.78, 5) is 17.3. The lowest BCUT2D eigenvalue weighted by atomic mass is 10.0. The molecule has 5 nitrogen and oxygen atoms in total. The van der Waals surface area contributed by atoms with Crippen LogP contribution in [-0.2, 0) is 6.42 Å².